The smallest absolute Gasteiger partial charge is 0.309 e. The number of methoxy groups -OCH3 is 1. The molecular formula is C10H10O2. The maximum absolute atomic E-state index is 10.9. The van der Waals surface area contributed by atoms with Gasteiger partial charge in [0.1, 0.15) is 0 Å². The minimum Gasteiger partial charge on any atom is -0.469 e. The van der Waals surface area contributed by atoms with Crippen molar-refractivity contribution in [3.63, 3.8) is 0 Å². The van der Waals surface area contributed by atoms with Crippen molar-refractivity contribution in [2.45, 2.75) is 6.42 Å². The molecule has 0 aromatic heterocycles. The van der Waals surface area contributed by atoms with Gasteiger partial charge >= 0.3 is 5.97 Å². The molecule has 0 fully saturated rings. The SMILES string of the molecule is COC(=O)CC1=CC=C=CC=C1. The minimum atomic E-state index is -0.221. The highest BCUT2D eigenvalue weighted by Gasteiger charge is 2.01. The zero-order chi connectivity index (χ0) is 8.81. The summed E-state index contributed by atoms with van der Waals surface area (Å²) < 4.78 is 4.54. The highest BCUT2D eigenvalue weighted by Crippen LogP contribution is 2.06. The average Bonchev–Trinajstić information content (AvgIpc) is 2.33. The van der Waals surface area contributed by atoms with Crippen molar-refractivity contribution < 1.29 is 9.53 Å². The van der Waals surface area contributed by atoms with Crippen molar-refractivity contribution >= 4 is 5.97 Å². The Labute approximate surface area is 71.5 Å². The fourth-order valence-corrected chi connectivity index (χ4v) is 0.850. The molecule has 0 atom stereocenters. The lowest BCUT2D eigenvalue weighted by atomic mass is 10.1. The lowest BCUT2D eigenvalue weighted by Crippen LogP contribution is -2.00. The van der Waals surface area contributed by atoms with Crippen LogP contribution in [0.15, 0.2) is 41.7 Å². The van der Waals surface area contributed by atoms with E-state index in [0.29, 0.717) is 6.42 Å². The number of carbonyl (C=O) groups is 1. The summed E-state index contributed by atoms with van der Waals surface area (Å²) in [4.78, 5) is 10.9. The van der Waals surface area contributed by atoms with E-state index in [1.165, 1.54) is 7.11 Å². The molecule has 0 aromatic rings. The molecule has 0 heterocycles. The van der Waals surface area contributed by atoms with Crippen LogP contribution in [0.25, 0.3) is 0 Å². The normalized spacial score (nSPS) is 13.9. The second kappa shape index (κ2) is 4.37. The standard InChI is InChI=1S/C10H10O2/c1-12-10(11)8-9-6-4-2-3-5-7-9/h2,4-7H,8H2,1H3. The van der Waals surface area contributed by atoms with E-state index in [1.807, 2.05) is 18.2 Å². The lowest BCUT2D eigenvalue weighted by molar-refractivity contribution is -0.139. The van der Waals surface area contributed by atoms with E-state index in [-0.39, 0.29) is 5.97 Å². The van der Waals surface area contributed by atoms with Gasteiger partial charge in [0.15, 0.2) is 0 Å². The van der Waals surface area contributed by atoms with Gasteiger partial charge in [-0.25, -0.2) is 0 Å². The summed E-state index contributed by atoms with van der Waals surface area (Å²) in [5.74, 6) is -0.221. The second-order valence-corrected chi connectivity index (χ2v) is 2.35. The summed E-state index contributed by atoms with van der Waals surface area (Å²) in [5, 5.41) is 0. The van der Waals surface area contributed by atoms with E-state index in [4.69, 9.17) is 0 Å². The molecule has 0 bridgehead atoms. The third-order valence-electron chi connectivity index (χ3n) is 1.47. The predicted octanol–water partition coefficient (Wildman–Crippen LogP) is 1.76. The number of esters is 1. The summed E-state index contributed by atoms with van der Waals surface area (Å²) in [7, 11) is 1.39. The van der Waals surface area contributed by atoms with Gasteiger partial charge in [0.2, 0.25) is 0 Å². The van der Waals surface area contributed by atoms with Crippen molar-refractivity contribution in [3.05, 3.63) is 41.7 Å². The van der Waals surface area contributed by atoms with Crippen LogP contribution >= 0.6 is 0 Å². The first-order valence-corrected chi connectivity index (χ1v) is 3.68. The second-order valence-electron chi connectivity index (χ2n) is 2.35. The molecule has 62 valence electrons. The van der Waals surface area contributed by atoms with Crippen molar-refractivity contribution in [1.82, 2.24) is 0 Å². The molecule has 0 N–H and O–H groups in total. The lowest BCUT2D eigenvalue weighted by Gasteiger charge is -1.97. The van der Waals surface area contributed by atoms with Crippen LogP contribution in [0.5, 0.6) is 0 Å². The number of ether oxygens (including phenoxy) is 1. The van der Waals surface area contributed by atoms with Gasteiger partial charge in [0.25, 0.3) is 0 Å². The molecule has 0 spiro atoms. The molecule has 0 unspecified atom stereocenters. The highest BCUT2D eigenvalue weighted by atomic mass is 16.5. The third-order valence-corrected chi connectivity index (χ3v) is 1.47. The molecule has 0 saturated carbocycles. The number of rotatable bonds is 2. The van der Waals surface area contributed by atoms with Gasteiger partial charge < -0.3 is 4.74 Å². The largest absolute Gasteiger partial charge is 0.469 e. The van der Waals surface area contributed by atoms with Crippen LogP contribution in [-0.2, 0) is 9.53 Å². The van der Waals surface area contributed by atoms with Crippen LogP contribution in [-0.4, -0.2) is 13.1 Å². The Hall–Kier alpha value is -1.53. The molecule has 0 aliphatic heterocycles. The predicted molar refractivity (Wildman–Crippen MR) is 46.5 cm³/mol. The Bertz CT molecular complexity index is 289. The minimum absolute atomic E-state index is 0.221. The van der Waals surface area contributed by atoms with Gasteiger partial charge in [0.05, 0.1) is 13.5 Å². The fourth-order valence-electron chi connectivity index (χ4n) is 0.850. The molecule has 0 aromatic carbocycles. The summed E-state index contributed by atoms with van der Waals surface area (Å²) in [6.07, 6.45) is 9.45. The van der Waals surface area contributed by atoms with Gasteiger partial charge in [-0.2, -0.15) is 0 Å². The number of allylic oxidation sites excluding steroid dienone is 4. The Kier molecular flexibility index (Phi) is 3.12. The first kappa shape index (κ1) is 8.57. The van der Waals surface area contributed by atoms with Crippen LogP contribution in [0.2, 0.25) is 0 Å². The Balaban J connectivity index is 2.60. The number of hydrogen-bond donors (Lipinski definition) is 0. The third kappa shape index (κ3) is 2.60. The van der Waals surface area contributed by atoms with E-state index in [0.717, 1.165) is 5.57 Å². The van der Waals surface area contributed by atoms with Crippen molar-refractivity contribution in [3.8, 4) is 0 Å². The quantitative estimate of drug-likeness (QED) is 0.457. The average molecular weight is 162 g/mol. The molecule has 12 heavy (non-hydrogen) atoms. The summed E-state index contributed by atoms with van der Waals surface area (Å²) in [6.45, 7) is 0. The zero-order valence-corrected chi connectivity index (χ0v) is 6.91. The van der Waals surface area contributed by atoms with E-state index in [9.17, 15) is 4.79 Å². The first-order valence-electron chi connectivity index (χ1n) is 3.68. The van der Waals surface area contributed by atoms with Crippen LogP contribution < -0.4 is 0 Å². The van der Waals surface area contributed by atoms with Gasteiger partial charge in [-0.05, 0) is 17.7 Å². The Morgan fingerprint density at radius 1 is 1.58 bits per heavy atom. The highest BCUT2D eigenvalue weighted by molar-refractivity contribution is 5.73. The first-order chi connectivity index (χ1) is 5.83. The van der Waals surface area contributed by atoms with Crippen LogP contribution in [0.4, 0.5) is 0 Å². The molecule has 1 aliphatic rings. The zero-order valence-electron chi connectivity index (χ0n) is 6.91. The number of hydrogen-bond acceptors (Lipinski definition) is 2. The molecule has 1 aliphatic carbocycles. The van der Waals surface area contributed by atoms with Crippen LogP contribution in [0.3, 0.4) is 0 Å². The van der Waals surface area contributed by atoms with Gasteiger partial charge in [-0.3, -0.25) is 4.79 Å². The Morgan fingerprint density at radius 3 is 3.17 bits per heavy atom. The van der Waals surface area contributed by atoms with Gasteiger partial charge in [0, 0.05) is 0 Å². The van der Waals surface area contributed by atoms with Crippen LogP contribution in [0, 0.1) is 0 Å². The van der Waals surface area contributed by atoms with Crippen molar-refractivity contribution in [2.75, 3.05) is 7.11 Å². The van der Waals surface area contributed by atoms with E-state index in [1.54, 1.807) is 12.2 Å². The van der Waals surface area contributed by atoms with E-state index < -0.39 is 0 Å². The van der Waals surface area contributed by atoms with Gasteiger partial charge in [-0.1, -0.05) is 18.2 Å². The van der Waals surface area contributed by atoms with Crippen molar-refractivity contribution in [1.29, 1.82) is 0 Å². The molecular weight excluding hydrogens is 152 g/mol. The molecule has 0 amide bonds. The molecule has 1 rings (SSSR count). The summed E-state index contributed by atoms with van der Waals surface area (Å²) in [5.41, 5.74) is 3.84. The van der Waals surface area contributed by atoms with E-state index >= 15 is 0 Å². The molecule has 2 nitrogen and oxygen atoms in total. The number of carbonyl (C=O) groups excluding carboxylic acids is 1. The maximum Gasteiger partial charge on any atom is 0.309 e. The summed E-state index contributed by atoms with van der Waals surface area (Å²) >= 11 is 0. The fraction of sp³-hybridized carbons (Fsp3) is 0.200. The molecule has 0 saturated heterocycles. The molecule has 2 heteroatoms. The Morgan fingerprint density at radius 2 is 2.42 bits per heavy atom. The molecule has 0 radical (unpaired) electrons. The van der Waals surface area contributed by atoms with Crippen molar-refractivity contribution in [2.24, 2.45) is 0 Å². The monoisotopic (exact) mass is 162 g/mol. The topological polar surface area (TPSA) is 26.3 Å². The van der Waals surface area contributed by atoms with Gasteiger partial charge in [-0.15, -0.1) is 5.73 Å². The maximum atomic E-state index is 10.9. The summed E-state index contributed by atoms with van der Waals surface area (Å²) in [6, 6.07) is 0. The van der Waals surface area contributed by atoms with E-state index in [2.05, 4.69) is 10.5 Å². The van der Waals surface area contributed by atoms with Crippen LogP contribution in [0.1, 0.15) is 6.42 Å².